The van der Waals surface area contributed by atoms with Gasteiger partial charge in [-0.15, -0.1) is 11.3 Å². The number of aryl methyl sites for hydroxylation is 1. The van der Waals surface area contributed by atoms with E-state index >= 15 is 0 Å². The number of nitrogens with zero attached hydrogens (tertiary/aromatic N) is 1. The van der Waals surface area contributed by atoms with Gasteiger partial charge in [0.25, 0.3) is 0 Å². The van der Waals surface area contributed by atoms with Gasteiger partial charge >= 0.3 is 0 Å². The van der Waals surface area contributed by atoms with E-state index in [1.54, 1.807) is 11.3 Å². The van der Waals surface area contributed by atoms with E-state index in [4.69, 9.17) is 17.3 Å². The van der Waals surface area contributed by atoms with E-state index < -0.39 is 0 Å². The molecule has 19 heavy (non-hydrogen) atoms. The van der Waals surface area contributed by atoms with Crippen molar-refractivity contribution in [1.29, 1.82) is 0 Å². The molecule has 1 aliphatic rings. The Kier molecular flexibility index (Phi) is 3.25. The highest BCUT2D eigenvalue weighted by atomic mass is 35.5. The quantitative estimate of drug-likeness (QED) is 0.895. The maximum atomic E-state index is 6.13. The topological polar surface area (TPSA) is 50.9 Å². The van der Waals surface area contributed by atoms with Gasteiger partial charge in [0.05, 0.1) is 5.69 Å². The Bertz CT molecular complexity index is 610. The zero-order valence-electron chi connectivity index (χ0n) is 10.7. The summed E-state index contributed by atoms with van der Waals surface area (Å²) in [6, 6.07) is 8.10. The zero-order chi connectivity index (χ0) is 13.5. The molecule has 1 aromatic carbocycles. The van der Waals surface area contributed by atoms with E-state index in [0.29, 0.717) is 5.13 Å². The zero-order valence-corrected chi connectivity index (χ0v) is 12.3. The lowest BCUT2D eigenvalue weighted by molar-refractivity contribution is 0.316. The maximum Gasteiger partial charge on any atom is 0.180 e. The number of hydrogen-bond acceptors (Lipinski definition) is 4. The number of likely N-dealkylation sites (N-methyl/N-ethyl adjacent to an activating group) is 1. The molecule has 1 atom stereocenters. The van der Waals surface area contributed by atoms with Crippen molar-refractivity contribution >= 4 is 28.1 Å². The highest BCUT2D eigenvalue weighted by Crippen LogP contribution is 2.39. The van der Waals surface area contributed by atoms with Crippen LogP contribution in [0.15, 0.2) is 24.3 Å². The minimum Gasteiger partial charge on any atom is -0.375 e. The number of halogens is 1. The van der Waals surface area contributed by atoms with Gasteiger partial charge < -0.3 is 11.1 Å². The summed E-state index contributed by atoms with van der Waals surface area (Å²) in [6.07, 6.45) is 2.89. The van der Waals surface area contributed by atoms with Crippen LogP contribution in [0.25, 0.3) is 0 Å². The largest absolute Gasteiger partial charge is 0.375 e. The molecular formula is C14H16ClN3S. The third-order valence-electron chi connectivity index (χ3n) is 3.90. The highest BCUT2D eigenvalue weighted by molar-refractivity contribution is 7.15. The number of benzene rings is 1. The fourth-order valence-corrected chi connectivity index (χ4v) is 4.00. The SMILES string of the molecule is CNC1(c2cccc(Cl)c2)CCc2nc(N)sc2C1. The summed E-state index contributed by atoms with van der Waals surface area (Å²) in [5.41, 5.74) is 8.16. The summed E-state index contributed by atoms with van der Waals surface area (Å²) in [5, 5.41) is 4.94. The third-order valence-corrected chi connectivity index (χ3v) is 5.06. The minimum absolute atomic E-state index is 0.0587. The molecule has 0 amide bonds. The summed E-state index contributed by atoms with van der Waals surface area (Å²) in [6.45, 7) is 0. The molecule has 1 aromatic heterocycles. The molecule has 3 rings (SSSR count). The Morgan fingerprint density at radius 2 is 2.32 bits per heavy atom. The standard InChI is InChI=1S/C14H16ClN3S/c1-17-14(9-3-2-4-10(15)7-9)6-5-11-12(8-14)19-13(16)18-11/h2-4,7,17H,5-6,8H2,1H3,(H2,16,18). The van der Waals surface area contributed by atoms with Crippen molar-refractivity contribution in [3.63, 3.8) is 0 Å². The van der Waals surface area contributed by atoms with E-state index in [9.17, 15) is 0 Å². The molecule has 3 nitrogen and oxygen atoms in total. The molecule has 2 aromatic rings. The van der Waals surface area contributed by atoms with Crippen LogP contribution in [-0.4, -0.2) is 12.0 Å². The second-order valence-electron chi connectivity index (χ2n) is 4.94. The molecule has 5 heteroatoms. The fourth-order valence-electron chi connectivity index (χ4n) is 2.82. The van der Waals surface area contributed by atoms with Crippen molar-refractivity contribution in [1.82, 2.24) is 10.3 Å². The molecule has 0 saturated carbocycles. The first-order valence-corrected chi connectivity index (χ1v) is 7.51. The van der Waals surface area contributed by atoms with Crippen LogP contribution in [0.3, 0.4) is 0 Å². The second-order valence-corrected chi connectivity index (χ2v) is 6.49. The van der Waals surface area contributed by atoms with Crippen LogP contribution in [0.4, 0.5) is 5.13 Å². The number of fused-ring (bicyclic) bond motifs is 1. The predicted octanol–water partition coefficient (Wildman–Crippen LogP) is 2.98. The average molecular weight is 294 g/mol. The summed E-state index contributed by atoms with van der Waals surface area (Å²) in [4.78, 5) is 5.69. The van der Waals surface area contributed by atoms with E-state index in [2.05, 4.69) is 16.4 Å². The van der Waals surface area contributed by atoms with Gasteiger partial charge in [-0.05, 0) is 37.6 Å². The Hall–Kier alpha value is -1.10. The van der Waals surface area contributed by atoms with Crippen LogP contribution in [-0.2, 0) is 18.4 Å². The van der Waals surface area contributed by atoms with Crippen LogP contribution in [0.2, 0.25) is 5.02 Å². The number of anilines is 1. The van der Waals surface area contributed by atoms with Crippen LogP contribution < -0.4 is 11.1 Å². The molecule has 3 N–H and O–H groups in total. The van der Waals surface area contributed by atoms with Gasteiger partial charge in [-0.2, -0.15) is 0 Å². The Morgan fingerprint density at radius 3 is 3.05 bits per heavy atom. The van der Waals surface area contributed by atoms with Crippen molar-refractivity contribution in [2.24, 2.45) is 0 Å². The number of rotatable bonds is 2. The first kappa shape index (κ1) is 12.9. The van der Waals surface area contributed by atoms with Crippen molar-refractivity contribution < 1.29 is 0 Å². The monoisotopic (exact) mass is 293 g/mol. The minimum atomic E-state index is -0.0587. The smallest absolute Gasteiger partial charge is 0.180 e. The number of aromatic nitrogens is 1. The summed E-state index contributed by atoms with van der Waals surface area (Å²) >= 11 is 7.73. The van der Waals surface area contributed by atoms with Crippen molar-refractivity contribution in [2.45, 2.75) is 24.8 Å². The van der Waals surface area contributed by atoms with Crippen LogP contribution >= 0.6 is 22.9 Å². The summed E-state index contributed by atoms with van der Waals surface area (Å²) in [7, 11) is 2.01. The van der Waals surface area contributed by atoms with E-state index in [-0.39, 0.29) is 5.54 Å². The molecule has 0 aliphatic heterocycles. The van der Waals surface area contributed by atoms with Gasteiger partial charge in [0.15, 0.2) is 5.13 Å². The lowest BCUT2D eigenvalue weighted by atomic mass is 9.78. The fraction of sp³-hybridized carbons (Fsp3) is 0.357. The Balaban J connectivity index is 2.02. The molecular weight excluding hydrogens is 278 g/mol. The van der Waals surface area contributed by atoms with Gasteiger partial charge in [0.2, 0.25) is 0 Å². The van der Waals surface area contributed by atoms with Gasteiger partial charge in [-0.1, -0.05) is 23.7 Å². The first-order chi connectivity index (χ1) is 9.13. The Morgan fingerprint density at radius 1 is 1.47 bits per heavy atom. The second kappa shape index (κ2) is 4.78. The van der Waals surface area contributed by atoms with Crippen LogP contribution in [0.1, 0.15) is 22.6 Å². The van der Waals surface area contributed by atoms with E-state index in [0.717, 1.165) is 30.0 Å². The molecule has 100 valence electrons. The van der Waals surface area contributed by atoms with Crippen LogP contribution in [0.5, 0.6) is 0 Å². The predicted molar refractivity (Wildman–Crippen MR) is 80.7 cm³/mol. The molecule has 1 aliphatic carbocycles. The normalized spacial score (nSPS) is 22.2. The first-order valence-electron chi connectivity index (χ1n) is 6.32. The maximum absolute atomic E-state index is 6.13. The third kappa shape index (κ3) is 2.24. The lowest BCUT2D eigenvalue weighted by Crippen LogP contribution is -2.44. The summed E-state index contributed by atoms with van der Waals surface area (Å²) in [5.74, 6) is 0. The number of nitrogens with one attached hydrogen (secondary N) is 1. The Labute approximate surface area is 121 Å². The molecule has 0 spiro atoms. The average Bonchev–Trinajstić information content (AvgIpc) is 2.77. The van der Waals surface area contributed by atoms with Crippen molar-refractivity contribution in [3.05, 3.63) is 45.4 Å². The van der Waals surface area contributed by atoms with Crippen LogP contribution in [0, 0.1) is 0 Å². The number of hydrogen-bond donors (Lipinski definition) is 2. The summed E-state index contributed by atoms with van der Waals surface area (Å²) < 4.78 is 0. The van der Waals surface area contributed by atoms with Crippen molar-refractivity contribution in [3.8, 4) is 0 Å². The lowest BCUT2D eigenvalue weighted by Gasteiger charge is -2.37. The number of nitrogen functional groups attached to an aromatic ring is 1. The molecule has 0 fully saturated rings. The molecule has 0 radical (unpaired) electrons. The molecule has 0 saturated heterocycles. The molecule has 0 bridgehead atoms. The van der Waals surface area contributed by atoms with E-state index in [1.807, 2.05) is 25.2 Å². The molecule has 1 unspecified atom stereocenters. The van der Waals surface area contributed by atoms with Gasteiger partial charge in [-0.3, -0.25) is 0 Å². The number of thiazole rings is 1. The molecule has 1 heterocycles. The van der Waals surface area contributed by atoms with Gasteiger partial charge in [-0.25, -0.2) is 4.98 Å². The highest BCUT2D eigenvalue weighted by Gasteiger charge is 2.36. The van der Waals surface area contributed by atoms with E-state index in [1.165, 1.54) is 10.4 Å². The van der Waals surface area contributed by atoms with Gasteiger partial charge in [0.1, 0.15) is 0 Å². The van der Waals surface area contributed by atoms with Crippen molar-refractivity contribution in [2.75, 3.05) is 12.8 Å². The number of nitrogens with two attached hydrogens (primary N) is 1. The van der Waals surface area contributed by atoms with Gasteiger partial charge in [0, 0.05) is 21.9 Å².